The minimum Gasteiger partial charge on any atom is -0.399 e. The summed E-state index contributed by atoms with van der Waals surface area (Å²) in [4.78, 5) is 16.1. The van der Waals surface area contributed by atoms with E-state index in [1.807, 2.05) is 38.2 Å². The van der Waals surface area contributed by atoms with Crippen LogP contribution in [0.2, 0.25) is 0 Å². The van der Waals surface area contributed by atoms with Crippen LogP contribution in [0.1, 0.15) is 30.1 Å². The molecule has 0 saturated carbocycles. The Morgan fingerprint density at radius 1 is 1.28 bits per heavy atom. The Hall–Kier alpha value is -1.71. The van der Waals surface area contributed by atoms with Crippen LogP contribution in [0.4, 0.5) is 11.4 Å². The first kappa shape index (κ1) is 14.4. The number of hydrogen-bond donors (Lipinski definition) is 1. The smallest absolute Gasteiger partial charge is 0.255 e. The highest BCUT2D eigenvalue weighted by molar-refractivity contribution is 6.00. The molecule has 1 rings (SSSR count). The predicted molar refractivity (Wildman–Crippen MR) is 77.0 cm³/mol. The molecule has 4 heteroatoms. The normalized spacial score (nSPS) is 10.2. The van der Waals surface area contributed by atoms with E-state index in [0.717, 1.165) is 25.1 Å². The molecule has 0 saturated heterocycles. The van der Waals surface area contributed by atoms with Crippen molar-refractivity contribution in [2.45, 2.75) is 19.8 Å². The van der Waals surface area contributed by atoms with E-state index >= 15 is 0 Å². The number of benzene rings is 1. The summed E-state index contributed by atoms with van der Waals surface area (Å²) in [5, 5.41) is 0. The van der Waals surface area contributed by atoms with E-state index < -0.39 is 0 Å². The summed E-state index contributed by atoms with van der Waals surface area (Å²) in [6, 6.07) is 5.45. The molecule has 0 aliphatic rings. The molecule has 1 aromatic rings. The number of carbonyl (C=O) groups excluding carboxylic acids is 1. The van der Waals surface area contributed by atoms with Gasteiger partial charge in [0, 0.05) is 39.1 Å². The molecule has 18 heavy (non-hydrogen) atoms. The van der Waals surface area contributed by atoms with Gasteiger partial charge in [-0.15, -0.1) is 0 Å². The highest BCUT2D eigenvalue weighted by Crippen LogP contribution is 2.22. The lowest BCUT2D eigenvalue weighted by molar-refractivity contribution is 0.0794. The van der Waals surface area contributed by atoms with Crippen LogP contribution < -0.4 is 10.6 Å². The standard InChI is InChI=1S/C14H23N3O/c1-5-6-9-17(4)14(18)12-10-11(15)7-8-13(12)16(2)3/h7-8,10H,5-6,9,15H2,1-4H3. The van der Waals surface area contributed by atoms with E-state index in [-0.39, 0.29) is 5.91 Å². The van der Waals surface area contributed by atoms with Gasteiger partial charge in [0.05, 0.1) is 5.56 Å². The van der Waals surface area contributed by atoms with Gasteiger partial charge in [-0.2, -0.15) is 0 Å². The summed E-state index contributed by atoms with van der Waals surface area (Å²) in [6.45, 7) is 2.89. The van der Waals surface area contributed by atoms with Crippen molar-refractivity contribution in [2.24, 2.45) is 0 Å². The summed E-state index contributed by atoms with van der Waals surface area (Å²) in [6.07, 6.45) is 2.09. The molecule has 0 radical (unpaired) electrons. The summed E-state index contributed by atoms with van der Waals surface area (Å²) < 4.78 is 0. The zero-order valence-electron chi connectivity index (χ0n) is 11.7. The topological polar surface area (TPSA) is 49.6 Å². The molecule has 0 fully saturated rings. The maximum atomic E-state index is 12.4. The van der Waals surface area contributed by atoms with Crippen LogP contribution >= 0.6 is 0 Å². The van der Waals surface area contributed by atoms with Crippen molar-refractivity contribution >= 4 is 17.3 Å². The van der Waals surface area contributed by atoms with Gasteiger partial charge in [0.15, 0.2) is 0 Å². The van der Waals surface area contributed by atoms with Crippen LogP contribution in [0.15, 0.2) is 18.2 Å². The highest BCUT2D eigenvalue weighted by Gasteiger charge is 2.16. The molecule has 2 N–H and O–H groups in total. The molecule has 0 bridgehead atoms. The number of nitrogens with two attached hydrogens (primary N) is 1. The molecular formula is C14H23N3O. The fraction of sp³-hybridized carbons (Fsp3) is 0.500. The van der Waals surface area contributed by atoms with Crippen LogP contribution in [0.25, 0.3) is 0 Å². The molecular weight excluding hydrogens is 226 g/mol. The number of hydrogen-bond acceptors (Lipinski definition) is 3. The van der Waals surface area contributed by atoms with Crippen molar-refractivity contribution in [3.63, 3.8) is 0 Å². The van der Waals surface area contributed by atoms with E-state index in [4.69, 9.17) is 5.73 Å². The van der Waals surface area contributed by atoms with Gasteiger partial charge in [0.2, 0.25) is 0 Å². The van der Waals surface area contributed by atoms with Crippen molar-refractivity contribution in [2.75, 3.05) is 38.3 Å². The summed E-state index contributed by atoms with van der Waals surface area (Å²) in [5.41, 5.74) is 7.96. The van der Waals surface area contributed by atoms with Gasteiger partial charge in [0.25, 0.3) is 5.91 Å². The third kappa shape index (κ3) is 3.39. The zero-order chi connectivity index (χ0) is 13.7. The molecule has 0 aromatic heterocycles. The number of nitrogen functional groups attached to an aromatic ring is 1. The number of rotatable bonds is 5. The third-order valence-corrected chi connectivity index (χ3v) is 2.93. The van der Waals surface area contributed by atoms with Gasteiger partial charge < -0.3 is 15.5 Å². The number of nitrogens with zero attached hydrogens (tertiary/aromatic N) is 2. The predicted octanol–water partition coefficient (Wildman–Crippen LogP) is 2.21. The molecule has 1 amide bonds. The van der Waals surface area contributed by atoms with Crippen molar-refractivity contribution in [1.29, 1.82) is 0 Å². The highest BCUT2D eigenvalue weighted by atomic mass is 16.2. The Morgan fingerprint density at radius 3 is 2.50 bits per heavy atom. The summed E-state index contributed by atoms with van der Waals surface area (Å²) >= 11 is 0. The van der Waals surface area contributed by atoms with Crippen molar-refractivity contribution in [1.82, 2.24) is 4.90 Å². The van der Waals surface area contributed by atoms with E-state index in [1.165, 1.54) is 0 Å². The summed E-state index contributed by atoms with van der Waals surface area (Å²) in [7, 11) is 5.68. The molecule has 0 spiro atoms. The van der Waals surface area contributed by atoms with Crippen molar-refractivity contribution < 1.29 is 4.79 Å². The van der Waals surface area contributed by atoms with Crippen LogP contribution in [-0.2, 0) is 0 Å². The quantitative estimate of drug-likeness (QED) is 0.814. The van der Waals surface area contributed by atoms with E-state index in [1.54, 1.807) is 11.0 Å². The molecule has 4 nitrogen and oxygen atoms in total. The van der Waals surface area contributed by atoms with Gasteiger partial charge in [-0.05, 0) is 24.6 Å². The average Bonchev–Trinajstić information content (AvgIpc) is 2.34. The maximum Gasteiger partial charge on any atom is 0.255 e. The second-order valence-corrected chi connectivity index (χ2v) is 4.75. The number of unbranched alkanes of at least 4 members (excludes halogenated alkanes) is 1. The summed E-state index contributed by atoms with van der Waals surface area (Å²) in [5.74, 6) is 0.0273. The molecule has 0 aliphatic heterocycles. The first-order valence-electron chi connectivity index (χ1n) is 6.29. The lowest BCUT2D eigenvalue weighted by Crippen LogP contribution is -2.29. The van der Waals surface area contributed by atoms with Crippen LogP contribution in [0, 0.1) is 0 Å². The SMILES string of the molecule is CCCCN(C)C(=O)c1cc(N)ccc1N(C)C. The Kier molecular flexibility index (Phi) is 5.01. The molecule has 0 atom stereocenters. The Bertz CT molecular complexity index is 416. The Morgan fingerprint density at radius 2 is 1.94 bits per heavy atom. The monoisotopic (exact) mass is 249 g/mol. The van der Waals surface area contributed by atoms with Gasteiger partial charge in [-0.1, -0.05) is 13.3 Å². The molecule has 0 unspecified atom stereocenters. The zero-order valence-corrected chi connectivity index (χ0v) is 11.7. The van der Waals surface area contributed by atoms with Gasteiger partial charge in [-0.3, -0.25) is 4.79 Å². The second-order valence-electron chi connectivity index (χ2n) is 4.75. The molecule has 100 valence electrons. The van der Waals surface area contributed by atoms with Crippen LogP contribution in [0.3, 0.4) is 0 Å². The van der Waals surface area contributed by atoms with Gasteiger partial charge in [0.1, 0.15) is 0 Å². The number of anilines is 2. The minimum absolute atomic E-state index is 0.0273. The fourth-order valence-corrected chi connectivity index (χ4v) is 1.82. The maximum absolute atomic E-state index is 12.4. The van der Waals surface area contributed by atoms with Gasteiger partial charge >= 0.3 is 0 Å². The van der Waals surface area contributed by atoms with Crippen LogP contribution in [0.5, 0.6) is 0 Å². The lowest BCUT2D eigenvalue weighted by Gasteiger charge is -2.22. The molecule has 0 aliphatic carbocycles. The second kappa shape index (κ2) is 6.28. The van der Waals surface area contributed by atoms with Crippen molar-refractivity contribution in [3.8, 4) is 0 Å². The fourth-order valence-electron chi connectivity index (χ4n) is 1.82. The largest absolute Gasteiger partial charge is 0.399 e. The molecule has 1 aromatic carbocycles. The first-order chi connectivity index (χ1) is 8.47. The molecule has 0 heterocycles. The lowest BCUT2D eigenvalue weighted by atomic mass is 10.1. The van der Waals surface area contributed by atoms with Crippen molar-refractivity contribution in [3.05, 3.63) is 23.8 Å². The average molecular weight is 249 g/mol. The first-order valence-corrected chi connectivity index (χ1v) is 6.29. The van der Waals surface area contributed by atoms with E-state index in [2.05, 4.69) is 6.92 Å². The Balaban J connectivity index is 2.99. The van der Waals surface area contributed by atoms with Crippen LogP contribution in [-0.4, -0.2) is 38.5 Å². The van der Waals surface area contributed by atoms with E-state index in [0.29, 0.717) is 11.3 Å². The van der Waals surface area contributed by atoms with E-state index in [9.17, 15) is 4.79 Å². The minimum atomic E-state index is 0.0273. The van der Waals surface area contributed by atoms with Gasteiger partial charge in [-0.25, -0.2) is 0 Å². The Labute approximate surface area is 109 Å². The third-order valence-electron chi connectivity index (χ3n) is 2.93. The number of carbonyl (C=O) groups is 1. The number of amides is 1.